The maximum absolute atomic E-state index is 13.9. The van der Waals surface area contributed by atoms with E-state index < -0.39 is 18.7 Å². The molecule has 0 aliphatic carbocycles. The van der Waals surface area contributed by atoms with E-state index >= 15 is 0 Å². The number of amides is 1. The molecule has 1 unspecified atom stereocenters. The van der Waals surface area contributed by atoms with Gasteiger partial charge in [-0.05, 0) is 5.56 Å². The van der Waals surface area contributed by atoms with Gasteiger partial charge in [-0.3, -0.25) is 4.79 Å². The van der Waals surface area contributed by atoms with Crippen LogP contribution in [0.25, 0.3) is 34.3 Å². The molecule has 0 aliphatic rings. The second-order valence-corrected chi connectivity index (χ2v) is 8.03. The number of halogens is 1. The van der Waals surface area contributed by atoms with E-state index in [1.807, 2.05) is 25.2 Å². The summed E-state index contributed by atoms with van der Waals surface area (Å²) < 4.78 is 26.3. The molecule has 0 aliphatic heterocycles. The van der Waals surface area contributed by atoms with Gasteiger partial charge in [-0.15, -0.1) is 0 Å². The highest BCUT2D eigenvalue weighted by Gasteiger charge is 2.24. The van der Waals surface area contributed by atoms with E-state index in [0.29, 0.717) is 28.1 Å². The molecule has 2 N–H and O–H groups in total. The second-order valence-electron chi connectivity index (χ2n) is 8.03. The van der Waals surface area contributed by atoms with E-state index in [1.165, 1.54) is 0 Å². The van der Waals surface area contributed by atoms with Crippen molar-refractivity contribution >= 4 is 5.91 Å². The molecule has 3 heterocycles. The monoisotopic (exact) mass is 488 g/mol. The quantitative estimate of drug-likeness (QED) is 0.339. The van der Waals surface area contributed by atoms with E-state index in [-0.39, 0.29) is 29.6 Å². The number of aryl methyl sites for hydroxylation is 1. The van der Waals surface area contributed by atoms with Crippen LogP contribution in [0.3, 0.4) is 0 Å². The largest absolute Gasteiger partial charge is 0.378 e. The van der Waals surface area contributed by atoms with Gasteiger partial charge in [0.15, 0.2) is 6.10 Å². The van der Waals surface area contributed by atoms with Gasteiger partial charge in [0.25, 0.3) is 11.8 Å². The van der Waals surface area contributed by atoms with E-state index in [0.717, 1.165) is 0 Å². The summed E-state index contributed by atoms with van der Waals surface area (Å²) in [6.07, 6.45) is 2.04. The molecular formula is C25H21FN6O4. The smallest absolute Gasteiger partial charge is 0.297 e. The summed E-state index contributed by atoms with van der Waals surface area (Å²) in [6.45, 7) is -0.620. The van der Waals surface area contributed by atoms with E-state index in [2.05, 4.69) is 25.6 Å². The predicted molar refractivity (Wildman–Crippen MR) is 125 cm³/mol. The third-order valence-corrected chi connectivity index (χ3v) is 5.52. The van der Waals surface area contributed by atoms with E-state index in [1.54, 1.807) is 53.5 Å². The van der Waals surface area contributed by atoms with Gasteiger partial charge in [0.2, 0.25) is 11.6 Å². The van der Waals surface area contributed by atoms with Crippen LogP contribution < -0.4 is 5.32 Å². The number of imidazole rings is 1. The van der Waals surface area contributed by atoms with E-state index in [9.17, 15) is 14.3 Å². The summed E-state index contributed by atoms with van der Waals surface area (Å²) in [5.41, 5.74) is 2.93. The number of aliphatic hydroxyl groups excluding tert-OH is 1. The van der Waals surface area contributed by atoms with Crippen LogP contribution in [0.2, 0.25) is 0 Å². The molecule has 1 amide bonds. The molecule has 0 saturated heterocycles. The van der Waals surface area contributed by atoms with Crippen molar-refractivity contribution in [2.45, 2.75) is 19.3 Å². The molecule has 1 atom stereocenters. The summed E-state index contributed by atoms with van der Waals surface area (Å²) >= 11 is 0. The summed E-state index contributed by atoms with van der Waals surface area (Å²) in [6, 6.07) is 15.6. The van der Waals surface area contributed by atoms with Gasteiger partial charge in [0.1, 0.15) is 12.4 Å². The Labute approximate surface area is 204 Å². The number of benzene rings is 2. The first-order chi connectivity index (χ1) is 17.5. The average Bonchev–Trinajstić information content (AvgIpc) is 3.66. The molecule has 0 saturated carbocycles. The Morgan fingerprint density at radius 2 is 1.86 bits per heavy atom. The number of nitrogens with zero attached hydrogens (tertiary/aromatic N) is 5. The minimum absolute atomic E-state index is 0.00894. The third-order valence-electron chi connectivity index (χ3n) is 5.52. The van der Waals surface area contributed by atoms with Crippen LogP contribution in [0.1, 0.15) is 22.9 Å². The highest BCUT2D eigenvalue weighted by Crippen LogP contribution is 2.33. The van der Waals surface area contributed by atoms with Crippen LogP contribution in [-0.4, -0.2) is 35.9 Å². The van der Waals surface area contributed by atoms with Crippen LogP contribution in [0, 0.1) is 0 Å². The molecule has 3 aromatic heterocycles. The number of rotatable bonds is 8. The molecule has 5 rings (SSSR count). The summed E-state index contributed by atoms with van der Waals surface area (Å²) in [5.74, 6) is -0.265. The van der Waals surface area contributed by atoms with Crippen molar-refractivity contribution in [2.24, 2.45) is 7.05 Å². The second kappa shape index (κ2) is 9.92. The van der Waals surface area contributed by atoms with Gasteiger partial charge in [0.05, 0.1) is 24.1 Å². The average molecular weight is 488 g/mol. The first-order valence-electron chi connectivity index (χ1n) is 11.0. The lowest BCUT2D eigenvalue weighted by Crippen LogP contribution is -2.28. The van der Waals surface area contributed by atoms with Crippen LogP contribution in [-0.2, 0) is 25.1 Å². The Hall–Kier alpha value is -4.64. The van der Waals surface area contributed by atoms with Crippen molar-refractivity contribution in [2.75, 3.05) is 0 Å². The minimum Gasteiger partial charge on any atom is -0.378 e. The zero-order chi connectivity index (χ0) is 25.1. The van der Waals surface area contributed by atoms with Gasteiger partial charge in [-0.1, -0.05) is 64.9 Å². The van der Waals surface area contributed by atoms with Crippen molar-refractivity contribution in [1.82, 2.24) is 30.2 Å². The molecule has 0 fully saturated rings. The lowest BCUT2D eigenvalue weighted by atomic mass is 10.1. The van der Waals surface area contributed by atoms with Crippen LogP contribution >= 0.6 is 0 Å². The molecule has 36 heavy (non-hydrogen) atoms. The normalized spacial score (nSPS) is 12.0. The molecule has 0 radical (unpaired) electrons. The zero-order valence-corrected chi connectivity index (χ0v) is 19.1. The molecule has 0 spiro atoms. The molecule has 10 nitrogen and oxygen atoms in total. The molecule has 0 bridgehead atoms. The fourth-order valence-electron chi connectivity index (χ4n) is 3.66. The van der Waals surface area contributed by atoms with Gasteiger partial charge in [-0.2, -0.15) is 4.98 Å². The zero-order valence-electron chi connectivity index (χ0n) is 19.1. The number of nitrogens with one attached hydrogen (secondary N) is 1. The Morgan fingerprint density at radius 3 is 2.56 bits per heavy atom. The summed E-state index contributed by atoms with van der Waals surface area (Å²) in [4.78, 5) is 20.8. The minimum atomic E-state index is -1.36. The number of alkyl halides is 1. The highest BCUT2D eigenvalue weighted by atomic mass is 19.1. The summed E-state index contributed by atoms with van der Waals surface area (Å²) in [7, 11) is 1.83. The Morgan fingerprint density at radius 1 is 1.08 bits per heavy atom. The van der Waals surface area contributed by atoms with Crippen LogP contribution in [0.15, 0.2) is 76.2 Å². The maximum atomic E-state index is 13.9. The molecule has 182 valence electrons. The third kappa shape index (κ3) is 4.64. The number of carbonyl (C=O) groups excluding carboxylic acids is 1. The molecular weight excluding hydrogens is 467 g/mol. The Bertz CT molecular complexity index is 1480. The first kappa shape index (κ1) is 23.1. The maximum Gasteiger partial charge on any atom is 0.297 e. The predicted octanol–water partition coefficient (Wildman–Crippen LogP) is 3.61. The number of carbonyl (C=O) groups is 1. The molecule has 5 aromatic rings. The van der Waals surface area contributed by atoms with Crippen molar-refractivity contribution in [3.05, 3.63) is 83.9 Å². The number of aliphatic hydroxyl groups is 1. The van der Waals surface area contributed by atoms with Crippen molar-refractivity contribution < 1.29 is 23.3 Å². The van der Waals surface area contributed by atoms with Gasteiger partial charge in [0, 0.05) is 24.4 Å². The van der Waals surface area contributed by atoms with Crippen molar-refractivity contribution in [3.8, 4) is 34.3 Å². The van der Waals surface area contributed by atoms with Gasteiger partial charge >= 0.3 is 0 Å². The lowest BCUT2D eigenvalue weighted by Gasteiger charge is -2.11. The number of hydrogen-bond donors (Lipinski definition) is 2. The van der Waals surface area contributed by atoms with Gasteiger partial charge in [-0.25, -0.2) is 9.37 Å². The van der Waals surface area contributed by atoms with Gasteiger partial charge < -0.3 is 24.0 Å². The fraction of sp³-hybridized carbons (Fsp3) is 0.160. The number of aromatic nitrogens is 5. The molecule has 2 aromatic carbocycles. The standard InChI is InChI=1S/C25H21FN6O4/c1-32-13-18(28-14-32)12-27-24(34)21(33)16-7-9-17(10-8-16)23-29-25(36-31-23)22-19(11-26)20(30-35-22)15-5-3-2-4-6-15/h2-10,13-14,21,33H,11-12H2,1H3,(H,27,34). The SMILES string of the molecule is Cn1cnc(CNC(=O)C(O)c2ccc(-c3noc(-c4onc(-c5ccccc5)c4CF)n3)cc2)c1. The van der Waals surface area contributed by atoms with E-state index in [4.69, 9.17) is 9.05 Å². The summed E-state index contributed by atoms with van der Waals surface area (Å²) in [5, 5.41) is 21.0. The van der Waals surface area contributed by atoms with Crippen molar-refractivity contribution in [3.63, 3.8) is 0 Å². The fourth-order valence-corrected chi connectivity index (χ4v) is 3.66. The highest BCUT2D eigenvalue weighted by molar-refractivity contribution is 5.82. The molecule has 11 heteroatoms. The van der Waals surface area contributed by atoms with Crippen molar-refractivity contribution in [1.29, 1.82) is 0 Å². The lowest BCUT2D eigenvalue weighted by molar-refractivity contribution is -0.129. The Kier molecular flexibility index (Phi) is 6.37. The number of hydrogen-bond acceptors (Lipinski definition) is 8. The Balaban J connectivity index is 1.30. The van der Waals surface area contributed by atoms with Crippen LogP contribution in [0.5, 0.6) is 0 Å². The topological polar surface area (TPSA) is 132 Å². The van der Waals surface area contributed by atoms with Crippen LogP contribution in [0.4, 0.5) is 4.39 Å². The first-order valence-corrected chi connectivity index (χ1v) is 11.0.